The lowest BCUT2D eigenvalue weighted by atomic mass is 9.91. The predicted octanol–water partition coefficient (Wildman–Crippen LogP) is 5.80. The van der Waals surface area contributed by atoms with Gasteiger partial charge in [0.15, 0.2) is 0 Å². The van der Waals surface area contributed by atoms with Gasteiger partial charge in [-0.25, -0.2) is 9.97 Å². The highest BCUT2D eigenvalue weighted by Gasteiger charge is 2.58. The summed E-state index contributed by atoms with van der Waals surface area (Å²) in [6.07, 6.45) is -1.54. The highest BCUT2D eigenvalue weighted by molar-refractivity contribution is 6.07. The molecule has 0 bridgehead atoms. The lowest BCUT2D eigenvalue weighted by molar-refractivity contribution is -0.137. The average Bonchev–Trinajstić information content (AvgIpc) is 3.89. The minimum atomic E-state index is -4.57. The first kappa shape index (κ1) is 31.4. The summed E-state index contributed by atoms with van der Waals surface area (Å²) in [5.41, 5.74) is 3.26. The molecule has 2 amide bonds. The van der Waals surface area contributed by atoms with E-state index in [0.717, 1.165) is 66.6 Å². The summed E-state index contributed by atoms with van der Waals surface area (Å²) in [7, 11) is 1.65. The molecule has 248 valence electrons. The van der Waals surface area contributed by atoms with E-state index in [1.54, 1.807) is 36.4 Å². The number of ether oxygens (including phenoxy) is 1. The van der Waals surface area contributed by atoms with Crippen LogP contribution in [0.4, 0.5) is 41.9 Å². The summed E-state index contributed by atoms with van der Waals surface area (Å²) in [6.45, 7) is 5.70. The second-order valence-corrected chi connectivity index (χ2v) is 12.3. The van der Waals surface area contributed by atoms with Gasteiger partial charge in [-0.2, -0.15) is 13.2 Å². The smallest absolute Gasteiger partial charge is 0.416 e. The summed E-state index contributed by atoms with van der Waals surface area (Å²) in [5, 5.41) is 9.32. The number of aromatic nitrogens is 2. The number of halogens is 3. The zero-order valence-electron chi connectivity index (χ0n) is 26.4. The van der Waals surface area contributed by atoms with E-state index in [2.05, 4.69) is 25.8 Å². The normalized spacial score (nSPS) is 16.8. The highest BCUT2D eigenvalue weighted by Crippen LogP contribution is 2.53. The molecule has 3 aliphatic rings. The van der Waals surface area contributed by atoms with E-state index in [0.29, 0.717) is 35.9 Å². The van der Waals surface area contributed by atoms with Gasteiger partial charge in [-0.3, -0.25) is 9.59 Å². The second-order valence-electron chi connectivity index (χ2n) is 12.3. The fourth-order valence-electron chi connectivity index (χ4n) is 6.44. The molecule has 1 aromatic heterocycles. The quantitative estimate of drug-likeness (QED) is 0.229. The van der Waals surface area contributed by atoms with Gasteiger partial charge in [-0.05, 0) is 67.8 Å². The van der Waals surface area contributed by atoms with Gasteiger partial charge >= 0.3 is 6.18 Å². The largest absolute Gasteiger partial charge is 0.495 e. The molecule has 1 aliphatic carbocycles. The van der Waals surface area contributed by atoms with Crippen LogP contribution in [0, 0.1) is 6.92 Å². The Morgan fingerprint density at radius 2 is 1.77 bits per heavy atom. The summed E-state index contributed by atoms with van der Waals surface area (Å²) in [5.74, 6) is 0.349. The van der Waals surface area contributed by atoms with Crippen LogP contribution in [0.5, 0.6) is 5.75 Å². The summed E-state index contributed by atoms with van der Waals surface area (Å²) in [6, 6.07) is 15.3. The second kappa shape index (κ2) is 12.1. The van der Waals surface area contributed by atoms with E-state index in [9.17, 15) is 22.8 Å². The van der Waals surface area contributed by atoms with Crippen molar-refractivity contribution in [1.29, 1.82) is 0 Å². The van der Waals surface area contributed by atoms with Crippen molar-refractivity contribution in [3.8, 4) is 5.75 Å². The van der Waals surface area contributed by atoms with Crippen LogP contribution in [0.15, 0.2) is 66.9 Å². The predicted molar refractivity (Wildman–Crippen MR) is 176 cm³/mol. The van der Waals surface area contributed by atoms with Crippen molar-refractivity contribution >= 4 is 40.5 Å². The van der Waals surface area contributed by atoms with E-state index >= 15 is 0 Å². The van der Waals surface area contributed by atoms with Gasteiger partial charge in [0.05, 0.1) is 36.0 Å². The Morgan fingerprint density at radius 1 is 1.00 bits per heavy atom. The SMILES string of the molecule is COc1cc(Nc2ncc3c(n2)C2(CC2)C(=O)N(c2cc(NC(=O)c4cccc(C(F)(F)F)c4)ccc2C)C3)ccc1N1CCNCC1. The number of anilines is 5. The molecule has 3 heterocycles. The Labute approximate surface area is 275 Å². The molecule has 13 heteroatoms. The van der Waals surface area contributed by atoms with Crippen LogP contribution in [0.2, 0.25) is 0 Å². The monoisotopic (exact) mass is 657 g/mol. The van der Waals surface area contributed by atoms with Crippen molar-refractivity contribution in [3.05, 3.63) is 94.8 Å². The first-order chi connectivity index (χ1) is 23.1. The number of amides is 2. The van der Waals surface area contributed by atoms with E-state index in [1.165, 1.54) is 12.1 Å². The fourth-order valence-corrected chi connectivity index (χ4v) is 6.44. The van der Waals surface area contributed by atoms with Crippen LogP contribution in [0.25, 0.3) is 0 Å². The van der Waals surface area contributed by atoms with E-state index in [4.69, 9.17) is 9.72 Å². The molecule has 4 aromatic rings. The molecule has 3 aromatic carbocycles. The van der Waals surface area contributed by atoms with Crippen molar-refractivity contribution in [2.75, 3.05) is 53.7 Å². The first-order valence-electron chi connectivity index (χ1n) is 15.7. The Hall–Kier alpha value is -5.17. The third-order valence-electron chi connectivity index (χ3n) is 9.15. The topological polar surface area (TPSA) is 112 Å². The van der Waals surface area contributed by atoms with Gasteiger partial charge in [-0.15, -0.1) is 0 Å². The first-order valence-corrected chi connectivity index (χ1v) is 15.7. The van der Waals surface area contributed by atoms with Gasteiger partial charge in [0.2, 0.25) is 11.9 Å². The number of hydrogen-bond acceptors (Lipinski definition) is 8. The molecular weight excluding hydrogens is 623 g/mol. The summed E-state index contributed by atoms with van der Waals surface area (Å²) >= 11 is 0. The summed E-state index contributed by atoms with van der Waals surface area (Å²) in [4.78, 5) is 40.4. The molecule has 1 saturated carbocycles. The number of methoxy groups -OCH3 is 1. The van der Waals surface area contributed by atoms with Crippen molar-refractivity contribution in [3.63, 3.8) is 0 Å². The lowest BCUT2D eigenvalue weighted by Crippen LogP contribution is -2.45. The minimum Gasteiger partial charge on any atom is -0.495 e. The Balaban J connectivity index is 1.11. The number of carbonyl (C=O) groups is 2. The van der Waals surface area contributed by atoms with Crippen molar-refractivity contribution in [2.45, 2.75) is 37.9 Å². The molecule has 7 rings (SSSR count). The van der Waals surface area contributed by atoms with Gasteiger partial charge in [0, 0.05) is 66.6 Å². The molecule has 0 atom stereocenters. The summed E-state index contributed by atoms with van der Waals surface area (Å²) < 4.78 is 45.3. The van der Waals surface area contributed by atoms with E-state index < -0.39 is 23.1 Å². The maximum absolute atomic E-state index is 14.1. The van der Waals surface area contributed by atoms with E-state index in [1.807, 2.05) is 25.1 Å². The number of carbonyl (C=O) groups excluding carboxylic acids is 2. The molecule has 0 radical (unpaired) electrons. The number of hydrogen-bond donors (Lipinski definition) is 3. The fraction of sp³-hybridized carbons (Fsp3) is 0.314. The Kier molecular flexibility index (Phi) is 7.94. The molecule has 0 unspecified atom stereocenters. The standard InChI is InChI=1S/C35H34F3N7O3/c1-21-6-7-25(41-31(46)22-4-3-5-24(16-22)35(36,37)38)17-28(21)45-20-23-19-40-33(43-30(23)34(10-11-34)32(45)47)42-26-8-9-27(29(18-26)48-2)44-14-12-39-13-15-44/h3-9,16-19,39H,10-15,20H2,1-2H3,(H,41,46)(H,40,42,43). The van der Waals surface area contributed by atoms with Gasteiger partial charge in [0.1, 0.15) is 5.75 Å². The number of fused-ring (bicyclic) bond motifs is 2. The van der Waals surface area contributed by atoms with Gasteiger partial charge in [-0.1, -0.05) is 12.1 Å². The van der Waals surface area contributed by atoms with Gasteiger partial charge in [0.25, 0.3) is 5.91 Å². The van der Waals surface area contributed by atoms with Crippen LogP contribution in [-0.2, 0) is 22.9 Å². The number of rotatable bonds is 7. The zero-order valence-corrected chi connectivity index (χ0v) is 26.4. The van der Waals surface area contributed by atoms with Crippen LogP contribution in [0.3, 0.4) is 0 Å². The van der Waals surface area contributed by atoms with Crippen molar-refractivity contribution in [1.82, 2.24) is 15.3 Å². The molecular formula is C35H34F3N7O3. The zero-order chi connectivity index (χ0) is 33.6. The van der Waals surface area contributed by atoms with Crippen LogP contribution in [-0.4, -0.2) is 55.1 Å². The third kappa shape index (κ3) is 5.89. The third-order valence-corrected chi connectivity index (χ3v) is 9.15. The van der Waals surface area contributed by atoms with Gasteiger partial charge < -0.3 is 30.5 Å². The van der Waals surface area contributed by atoms with Crippen LogP contribution < -0.4 is 30.5 Å². The molecule has 3 N–H and O–H groups in total. The molecule has 2 aliphatic heterocycles. The number of aryl methyl sites for hydroxylation is 1. The molecule has 1 saturated heterocycles. The molecule has 48 heavy (non-hydrogen) atoms. The number of piperazine rings is 1. The van der Waals surface area contributed by atoms with Crippen molar-refractivity contribution in [2.24, 2.45) is 0 Å². The number of nitrogens with zero attached hydrogens (tertiary/aromatic N) is 4. The Morgan fingerprint density at radius 3 is 2.50 bits per heavy atom. The average molecular weight is 658 g/mol. The number of nitrogens with one attached hydrogen (secondary N) is 3. The number of benzene rings is 3. The maximum Gasteiger partial charge on any atom is 0.416 e. The van der Waals surface area contributed by atoms with Crippen LogP contribution >= 0.6 is 0 Å². The Bertz CT molecular complexity index is 1900. The minimum absolute atomic E-state index is 0.0915. The van der Waals surface area contributed by atoms with Crippen LogP contribution in [0.1, 0.15) is 45.6 Å². The number of alkyl halides is 3. The maximum atomic E-state index is 14.1. The van der Waals surface area contributed by atoms with Crippen molar-refractivity contribution < 1.29 is 27.5 Å². The highest BCUT2D eigenvalue weighted by atomic mass is 19.4. The van der Waals surface area contributed by atoms with E-state index in [-0.39, 0.29) is 18.0 Å². The molecule has 1 spiro atoms. The molecule has 2 fully saturated rings. The lowest BCUT2D eigenvalue weighted by Gasteiger charge is -2.34. The molecule has 10 nitrogen and oxygen atoms in total.